The molecule has 0 unspecified atom stereocenters. The van der Waals surface area contributed by atoms with Gasteiger partial charge in [-0.15, -0.1) is 0 Å². The van der Waals surface area contributed by atoms with Crippen LogP contribution in [0.2, 0.25) is 0 Å². The minimum absolute atomic E-state index is 0.173. The molecule has 43 heavy (non-hydrogen) atoms. The lowest BCUT2D eigenvalue weighted by Crippen LogP contribution is -2.46. The Kier molecular flexibility index (Phi) is 8.47. The lowest BCUT2D eigenvalue weighted by atomic mass is 10.1. The highest BCUT2D eigenvalue weighted by molar-refractivity contribution is 7.92. The quantitative estimate of drug-likeness (QED) is 0.263. The average Bonchev–Trinajstić information content (AvgIpc) is 3.47. The first-order chi connectivity index (χ1) is 20.9. The van der Waals surface area contributed by atoms with E-state index in [2.05, 4.69) is 52.4 Å². The number of fused-ring (bicyclic) bond motifs is 1. The Balaban J connectivity index is 1.10. The van der Waals surface area contributed by atoms with E-state index in [1.165, 1.54) is 0 Å². The molecule has 2 fully saturated rings. The zero-order chi connectivity index (χ0) is 29.8. The molecule has 3 aromatic heterocycles. The van der Waals surface area contributed by atoms with Gasteiger partial charge in [-0.3, -0.25) is 14.7 Å². The lowest BCUT2D eigenvalue weighted by molar-refractivity contribution is 0.102. The van der Waals surface area contributed by atoms with Crippen LogP contribution in [0.15, 0.2) is 67.0 Å². The maximum absolute atomic E-state index is 13.1. The first kappa shape index (κ1) is 28.9. The lowest BCUT2D eigenvalue weighted by Gasteiger charge is -2.32. The summed E-state index contributed by atoms with van der Waals surface area (Å²) in [6.45, 7) is 8.32. The summed E-state index contributed by atoms with van der Waals surface area (Å²) in [4.78, 5) is 34.0. The number of aromatic amines is 1. The number of nitrogens with one attached hydrogen (secondary N) is 3. The minimum atomic E-state index is -3.48. The number of morpholine rings is 1. The Bertz CT molecular complexity index is 1720. The number of ether oxygens (including phenoxy) is 1. The van der Waals surface area contributed by atoms with Crippen molar-refractivity contribution in [1.29, 1.82) is 0 Å². The third kappa shape index (κ3) is 6.91. The number of H-pyrrole nitrogens is 1. The van der Waals surface area contributed by atoms with Gasteiger partial charge >= 0.3 is 0 Å². The summed E-state index contributed by atoms with van der Waals surface area (Å²) >= 11 is 0. The zero-order valence-electron chi connectivity index (χ0n) is 23.7. The van der Waals surface area contributed by atoms with Crippen LogP contribution >= 0.6 is 0 Å². The number of likely N-dealkylation sites (tertiary alicyclic amines) is 1. The summed E-state index contributed by atoms with van der Waals surface area (Å²) < 4.78 is 31.9. The molecule has 12 nitrogen and oxygen atoms in total. The van der Waals surface area contributed by atoms with E-state index in [-0.39, 0.29) is 11.9 Å². The van der Waals surface area contributed by atoms with Crippen LogP contribution in [-0.2, 0) is 21.3 Å². The Labute approximate surface area is 250 Å². The molecule has 2 saturated heterocycles. The van der Waals surface area contributed by atoms with Crippen molar-refractivity contribution >= 4 is 38.5 Å². The van der Waals surface area contributed by atoms with Gasteiger partial charge in [0.2, 0.25) is 10.0 Å². The molecule has 3 N–H and O–H groups in total. The van der Waals surface area contributed by atoms with E-state index in [1.807, 2.05) is 30.3 Å². The molecule has 2 aliphatic rings. The summed E-state index contributed by atoms with van der Waals surface area (Å²) in [6.07, 6.45) is 4.85. The second-order valence-corrected chi connectivity index (χ2v) is 12.4. The van der Waals surface area contributed by atoms with Crippen molar-refractivity contribution in [2.75, 3.05) is 49.6 Å². The average molecular weight is 603 g/mol. The van der Waals surface area contributed by atoms with Gasteiger partial charge in [-0.1, -0.05) is 18.7 Å². The number of sulfonamides is 1. The Morgan fingerprint density at radius 3 is 2.70 bits per heavy atom. The van der Waals surface area contributed by atoms with Crippen molar-refractivity contribution in [3.05, 3.63) is 78.2 Å². The number of amides is 1. The van der Waals surface area contributed by atoms with E-state index < -0.39 is 10.0 Å². The third-order valence-corrected chi connectivity index (χ3v) is 8.79. The molecule has 0 saturated carbocycles. The Hall–Kier alpha value is -4.17. The number of nitrogens with zero attached hydrogens (tertiary/aromatic N) is 5. The van der Waals surface area contributed by atoms with Gasteiger partial charge in [-0.2, -0.15) is 0 Å². The van der Waals surface area contributed by atoms with Crippen LogP contribution in [-0.4, -0.2) is 84.6 Å². The van der Waals surface area contributed by atoms with Crippen molar-refractivity contribution in [2.45, 2.75) is 25.4 Å². The van der Waals surface area contributed by atoms with E-state index in [4.69, 9.17) is 4.74 Å². The largest absolute Gasteiger partial charge is 0.378 e. The van der Waals surface area contributed by atoms with E-state index in [9.17, 15) is 13.2 Å². The first-order valence-electron chi connectivity index (χ1n) is 14.3. The molecule has 1 amide bonds. The number of aromatic nitrogens is 4. The van der Waals surface area contributed by atoms with E-state index >= 15 is 0 Å². The van der Waals surface area contributed by atoms with Crippen molar-refractivity contribution < 1.29 is 17.9 Å². The Morgan fingerprint density at radius 1 is 1.09 bits per heavy atom. The number of benzene rings is 1. The van der Waals surface area contributed by atoms with Crippen molar-refractivity contribution in [2.24, 2.45) is 0 Å². The van der Waals surface area contributed by atoms with Gasteiger partial charge in [-0.25, -0.2) is 23.1 Å². The Morgan fingerprint density at radius 2 is 1.91 bits per heavy atom. The molecule has 4 aromatic rings. The van der Waals surface area contributed by atoms with Crippen LogP contribution < -0.4 is 14.9 Å². The highest BCUT2D eigenvalue weighted by Crippen LogP contribution is 2.29. The van der Waals surface area contributed by atoms with Crippen LogP contribution in [0.3, 0.4) is 0 Å². The number of hydrogen-bond donors (Lipinski definition) is 3. The van der Waals surface area contributed by atoms with Crippen molar-refractivity contribution in [1.82, 2.24) is 29.6 Å². The monoisotopic (exact) mass is 602 g/mol. The predicted molar refractivity (Wildman–Crippen MR) is 165 cm³/mol. The predicted octanol–water partition coefficient (Wildman–Crippen LogP) is 3.14. The fourth-order valence-corrected chi connectivity index (χ4v) is 6.32. The van der Waals surface area contributed by atoms with Crippen LogP contribution in [0.4, 0.5) is 11.5 Å². The number of anilines is 2. The van der Waals surface area contributed by atoms with E-state index in [1.54, 1.807) is 18.6 Å². The van der Waals surface area contributed by atoms with Crippen LogP contribution in [0.25, 0.3) is 22.3 Å². The topological polar surface area (TPSA) is 145 Å². The van der Waals surface area contributed by atoms with Gasteiger partial charge in [0, 0.05) is 55.2 Å². The zero-order valence-corrected chi connectivity index (χ0v) is 24.5. The summed E-state index contributed by atoms with van der Waals surface area (Å²) in [5.41, 5.74) is 4.54. The fraction of sp³-hybridized carbons (Fsp3) is 0.333. The summed E-state index contributed by atoms with van der Waals surface area (Å²) in [5, 5.41) is 4.83. The molecule has 2 aliphatic heterocycles. The number of rotatable bonds is 9. The van der Waals surface area contributed by atoms with Gasteiger partial charge in [0.15, 0.2) is 0 Å². The number of carbonyl (C=O) groups excluding carboxylic acids is 1. The molecule has 13 heteroatoms. The number of pyridine rings is 1. The molecule has 224 valence electrons. The van der Waals surface area contributed by atoms with E-state index in [0.29, 0.717) is 37.7 Å². The standard InChI is InChI=1S/C30H34N8O4S/c1-2-43(40,41)36-24-4-3-11-37(19-24)18-21-9-10-31-27(16-21)30(39)34-23-7-5-22(6-8-23)26-17-25-28(35-26)32-20-33-29(25)38-12-14-42-15-13-38/h2,5-10,16-17,20,24,36H,1,3-4,11-15,18-19H2,(H,34,39)(H,32,33,35)/t24-/m1/s1. The first-order valence-corrected chi connectivity index (χ1v) is 15.8. The second kappa shape index (κ2) is 12.6. The van der Waals surface area contributed by atoms with Crippen LogP contribution in [0.1, 0.15) is 28.9 Å². The molecular weight excluding hydrogens is 568 g/mol. The third-order valence-electron chi connectivity index (χ3n) is 7.69. The number of piperidine rings is 1. The molecule has 1 aromatic carbocycles. The molecule has 6 rings (SSSR count). The summed E-state index contributed by atoms with van der Waals surface area (Å²) in [5.74, 6) is 0.590. The maximum atomic E-state index is 13.1. The van der Waals surface area contributed by atoms with Gasteiger partial charge < -0.3 is 19.9 Å². The van der Waals surface area contributed by atoms with Crippen LogP contribution in [0.5, 0.6) is 0 Å². The SMILES string of the molecule is C=CS(=O)(=O)N[C@@H]1CCCN(Cc2ccnc(C(=O)Nc3ccc(-c4cc5c(N6CCOCC6)ncnc5[nH]4)cc3)c2)C1. The highest BCUT2D eigenvalue weighted by Gasteiger charge is 2.23. The molecule has 0 bridgehead atoms. The van der Waals surface area contributed by atoms with Gasteiger partial charge in [0.1, 0.15) is 23.5 Å². The van der Waals surface area contributed by atoms with Gasteiger partial charge in [0.25, 0.3) is 5.91 Å². The molecule has 0 aliphatic carbocycles. The molecular formula is C30H34N8O4S. The number of hydrogen-bond acceptors (Lipinski definition) is 9. The van der Waals surface area contributed by atoms with Gasteiger partial charge in [0.05, 0.1) is 18.6 Å². The summed E-state index contributed by atoms with van der Waals surface area (Å²) in [6, 6.07) is 13.1. The smallest absolute Gasteiger partial charge is 0.274 e. The molecule has 1 atom stereocenters. The molecule has 0 spiro atoms. The minimum Gasteiger partial charge on any atom is -0.378 e. The van der Waals surface area contributed by atoms with Crippen molar-refractivity contribution in [3.8, 4) is 11.3 Å². The highest BCUT2D eigenvalue weighted by atomic mass is 32.2. The molecule has 0 radical (unpaired) electrons. The van der Waals surface area contributed by atoms with E-state index in [0.717, 1.165) is 71.6 Å². The van der Waals surface area contributed by atoms with Crippen molar-refractivity contribution in [3.63, 3.8) is 0 Å². The fourth-order valence-electron chi connectivity index (χ4n) is 5.57. The van der Waals surface area contributed by atoms with Gasteiger partial charge in [-0.05, 0) is 60.8 Å². The molecule has 5 heterocycles. The normalized spacial score (nSPS) is 18.0. The summed E-state index contributed by atoms with van der Waals surface area (Å²) in [7, 11) is -3.48. The second-order valence-electron chi connectivity index (χ2n) is 10.7. The number of carbonyl (C=O) groups is 1. The maximum Gasteiger partial charge on any atom is 0.274 e. The van der Waals surface area contributed by atoms with Crippen LogP contribution in [0, 0.1) is 0 Å².